The molecule has 112 valence electrons. The van der Waals surface area contributed by atoms with Crippen LogP contribution in [0.25, 0.3) is 0 Å². The van der Waals surface area contributed by atoms with E-state index in [1.807, 2.05) is 0 Å². The maximum absolute atomic E-state index is 10.2. The summed E-state index contributed by atoms with van der Waals surface area (Å²) in [6.45, 7) is 3.86. The molecule has 0 heterocycles. The Kier molecular flexibility index (Phi) is 7.17. The molecule has 0 aromatic heterocycles. The van der Waals surface area contributed by atoms with Crippen LogP contribution in [0.4, 0.5) is 11.4 Å². The lowest BCUT2D eigenvalue weighted by Crippen LogP contribution is -2.29. The summed E-state index contributed by atoms with van der Waals surface area (Å²) < 4.78 is 0. The van der Waals surface area contributed by atoms with Crippen LogP contribution in [0.5, 0.6) is 0 Å². The first-order chi connectivity index (χ1) is 9.39. The number of hydrogen-bond acceptors (Lipinski definition) is 4. The summed E-state index contributed by atoms with van der Waals surface area (Å²) >= 11 is 13.7. The van der Waals surface area contributed by atoms with E-state index in [4.69, 9.17) is 23.2 Å². The fraction of sp³-hybridized carbons (Fsp3) is 0.500. The molecule has 0 amide bonds. The molecule has 0 aliphatic rings. The van der Waals surface area contributed by atoms with E-state index in [0.717, 1.165) is 17.9 Å². The average molecular weight is 335 g/mol. The SMILES string of the molecule is CCCSCC(C)(O)C=Nc1cc(Cl)c(Cl)cc1NC. The number of aliphatic hydroxyl groups is 1. The molecule has 2 N–H and O–H groups in total. The quantitative estimate of drug-likeness (QED) is 0.564. The van der Waals surface area contributed by atoms with E-state index >= 15 is 0 Å². The monoisotopic (exact) mass is 334 g/mol. The smallest absolute Gasteiger partial charge is 0.106 e. The van der Waals surface area contributed by atoms with Gasteiger partial charge in [-0.3, -0.25) is 4.99 Å². The highest BCUT2D eigenvalue weighted by molar-refractivity contribution is 7.99. The maximum Gasteiger partial charge on any atom is 0.106 e. The number of aliphatic imine (C=N–C) groups is 1. The van der Waals surface area contributed by atoms with Gasteiger partial charge in [0.2, 0.25) is 0 Å². The predicted molar refractivity (Wildman–Crippen MR) is 92.4 cm³/mol. The molecule has 0 radical (unpaired) electrons. The molecule has 0 spiro atoms. The van der Waals surface area contributed by atoms with Gasteiger partial charge in [0.1, 0.15) is 5.60 Å². The third-order valence-electron chi connectivity index (χ3n) is 2.53. The van der Waals surface area contributed by atoms with Crippen molar-refractivity contribution < 1.29 is 5.11 Å². The molecule has 1 atom stereocenters. The fourth-order valence-electron chi connectivity index (χ4n) is 1.51. The van der Waals surface area contributed by atoms with Gasteiger partial charge in [-0.25, -0.2) is 0 Å². The fourth-order valence-corrected chi connectivity index (χ4v) is 2.75. The molecule has 0 aliphatic carbocycles. The van der Waals surface area contributed by atoms with Gasteiger partial charge < -0.3 is 10.4 Å². The van der Waals surface area contributed by atoms with Gasteiger partial charge in [-0.05, 0) is 31.2 Å². The second-order valence-electron chi connectivity index (χ2n) is 4.70. The highest BCUT2D eigenvalue weighted by Crippen LogP contribution is 2.34. The van der Waals surface area contributed by atoms with Crippen LogP contribution in [0.15, 0.2) is 17.1 Å². The van der Waals surface area contributed by atoms with Crippen LogP contribution in [0.3, 0.4) is 0 Å². The molecule has 0 bridgehead atoms. The van der Waals surface area contributed by atoms with Crippen LogP contribution in [-0.2, 0) is 0 Å². The van der Waals surface area contributed by atoms with Crippen molar-refractivity contribution in [2.75, 3.05) is 23.9 Å². The molecule has 1 unspecified atom stereocenters. The maximum atomic E-state index is 10.2. The van der Waals surface area contributed by atoms with Gasteiger partial charge in [0.25, 0.3) is 0 Å². The number of halogens is 2. The Bertz CT molecular complexity index is 478. The molecule has 6 heteroatoms. The van der Waals surface area contributed by atoms with Gasteiger partial charge in [0, 0.05) is 19.0 Å². The molecule has 20 heavy (non-hydrogen) atoms. The molecule has 1 aromatic carbocycles. The summed E-state index contributed by atoms with van der Waals surface area (Å²) in [5.41, 5.74) is 0.479. The van der Waals surface area contributed by atoms with Crippen molar-refractivity contribution in [3.05, 3.63) is 22.2 Å². The minimum Gasteiger partial charge on any atom is -0.386 e. The van der Waals surface area contributed by atoms with Crippen molar-refractivity contribution in [1.82, 2.24) is 0 Å². The van der Waals surface area contributed by atoms with Crippen LogP contribution >= 0.6 is 35.0 Å². The Balaban J connectivity index is 2.86. The third kappa shape index (κ3) is 5.52. The lowest BCUT2D eigenvalue weighted by Gasteiger charge is -2.17. The van der Waals surface area contributed by atoms with Gasteiger partial charge in [-0.2, -0.15) is 11.8 Å². The van der Waals surface area contributed by atoms with Gasteiger partial charge >= 0.3 is 0 Å². The van der Waals surface area contributed by atoms with Gasteiger partial charge in [0.15, 0.2) is 0 Å². The van der Waals surface area contributed by atoms with Crippen molar-refractivity contribution in [3.63, 3.8) is 0 Å². The van der Waals surface area contributed by atoms with Gasteiger partial charge in [-0.15, -0.1) is 0 Å². The number of benzene rings is 1. The van der Waals surface area contributed by atoms with Crippen LogP contribution in [-0.4, -0.2) is 35.5 Å². The van der Waals surface area contributed by atoms with Gasteiger partial charge in [0.05, 0.1) is 21.4 Å². The summed E-state index contributed by atoms with van der Waals surface area (Å²) in [6.07, 6.45) is 2.64. The largest absolute Gasteiger partial charge is 0.386 e. The van der Waals surface area contributed by atoms with E-state index in [1.165, 1.54) is 0 Å². The molecular weight excluding hydrogens is 315 g/mol. The normalized spacial score (nSPS) is 14.5. The number of anilines is 1. The lowest BCUT2D eigenvalue weighted by atomic mass is 10.1. The topological polar surface area (TPSA) is 44.6 Å². The van der Waals surface area contributed by atoms with E-state index in [-0.39, 0.29) is 0 Å². The minimum atomic E-state index is -0.947. The Morgan fingerprint density at radius 2 is 2.05 bits per heavy atom. The second kappa shape index (κ2) is 8.13. The average Bonchev–Trinajstić information content (AvgIpc) is 2.40. The molecule has 1 rings (SSSR count). The van der Waals surface area contributed by atoms with E-state index in [1.54, 1.807) is 44.1 Å². The van der Waals surface area contributed by atoms with Crippen LogP contribution in [0.2, 0.25) is 10.0 Å². The number of nitrogens with one attached hydrogen (secondary N) is 1. The highest BCUT2D eigenvalue weighted by atomic mass is 35.5. The summed E-state index contributed by atoms with van der Waals surface area (Å²) in [5.74, 6) is 1.64. The lowest BCUT2D eigenvalue weighted by molar-refractivity contribution is 0.164. The van der Waals surface area contributed by atoms with Crippen LogP contribution < -0.4 is 5.32 Å². The predicted octanol–water partition coefficient (Wildman–Crippen LogP) is 4.63. The summed E-state index contributed by atoms with van der Waals surface area (Å²) in [6, 6.07) is 3.40. The third-order valence-corrected chi connectivity index (χ3v) is 4.74. The Morgan fingerprint density at radius 3 is 2.65 bits per heavy atom. The van der Waals surface area contributed by atoms with E-state index < -0.39 is 5.60 Å². The Morgan fingerprint density at radius 1 is 1.40 bits per heavy atom. The van der Waals surface area contributed by atoms with Gasteiger partial charge in [-0.1, -0.05) is 30.1 Å². The van der Waals surface area contributed by atoms with Crippen molar-refractivity contribution in [2.45, 2.75) is 25.9 Å². The molecule has 0 fully saturated rings. The Labute approximate surface area is 134 Å². The van der Waals surface area contributed by atoms with Crippen molar-refractivity contribution in [3.8, 4) is 0 Å². The molecule has 0 saturated heterocycles. The molecule has 1 aromatic rings. The standard InChI is InChI=1S/C14H20Cl2N2OS/c1-4-5-20-9-14(2,19)8-18-13-7-11(16)10(15)6-12(13)17-3/h6-8,17,19H,4-5,9H2,1-3H3. The summed E-state index contributed by atoms with van der Waals surface area (Å²) in [7, 11) is 1.79. The van der Waals surface area contributed by atoms with Crippen molar-refractivity contribution >= 4 is 52.6 Å². The first-order valence-corrected chi connectivity index (χ1v) is 8.33. The number of rotatable bonds is 7. The first-order valence-electron chi connectivity index (χ1n) is 6.41. The van der Waals surface area contributed by atoms with Crippen LogP contribution in [0.1, 0.15) is 20.3 Å². The number of nitrogens with zero attached hydrogens (tertiary/aromatic N) is 1. The molecule has 3 nitrogen and oxygen atoms in total. The number of hydrogen-bond donors (Lipinski definition) is 2. The Hall–Kier alpha value is -0.420. The molecule has 0 saturated carbocycles. The van der Waals surface area contributed by atoms with Crippen molar-refractivity contribution in [2.24, 2.45) is 4.99 Å². The summed E-state index contributed by atoms with van der Waals surface area (Å²) in [5, 5.41) is 14.2. The molecular formula is C14H20Cl2N2OS. The zero-order valence-electron chi connectivity index (χ0n) is 11.9. The van der Waals surface area contributed by atoms with E-state index in [0.29, 0.717) is 21.5 Å². The van der Waals surface area contributed by atoms with Crippen molar-refractivity contribution in [1.29, 1.82) is 0 Å². The second-order valence-corrected chi connectivity index (χ2v) is 6.62. The zero-order chi connectivity index (χ0) is 15.2. The highest BCUT2D eigenvalue weighted by Gasteiger charge is 2.17. The molecule has 0 aliphatic heterocycles. The van der Waals surface area contributed by atoms with E-state index in [2.05, 4.69) is 17.2 Å². The summed E-state index contributed by atoms with van der Waals surface area (Å²) in [4.78, 5) is 4.34. The first kappa shape index (κ1) is 17.6. The van der Waals surface area contributed by atoms with Crippen LogP contribution in [0, 0.1) is 0 Å². The zero-order valence-corrected chi connectivity index (χ0v) is 14.2. The number of thioether (sulfide) groups is 1. The van der Waals surface area contributed by atoms with E-state index in [9.17, 15) is 5.11 Å². The minimum absolute atomic E-state index is 0.442.